The number of sulfonamides is 1. The molecule has 4 rings (SSSR count). The molecule has 1 saturated heterocycles. The Morgan fingerprint density at radius 3 is 2.70 bits per heavy atom. The molecule has 27 heavy (non-hydrogen) atoms. The fourth-order valence-corrected chi connectivity index (χ4v) is 5.44. The van der Waals surface area contributed by atoms with Crippen molar-refractivity contribution >= 4 is 21.1 Å². The van der Waals surface area contributed by atoms with Crippen LogP contribution in [0.25, 0.3) is 11.0 Å². The maximum absolute atomic E-state index is 12.9. The van der Waals surface area contributed by atoms with E-state index >= 15 is 0 Å². The zero-order chi connectivity index (χ0) is 19.0. The van der Waals surface area contributed by atoms with Crippen molar-refractivity contribution in [2.45, 2.75) is 38.0 Å². The lowest BCUT2D eigenvalue weighted by Crippen LogP contribution is -2.30. The van der Waals surface area contributed by atoms with Crippen LogP contribution in [0.15, 0.2) is 48.8 Å². The molecule has 0 aliphatic carbocycles. The molecule has 1 atom stereocenters. The van der Waals surface area contributed by atoms with E-state index in [1.165, 1.54) is 0 Å². The van der Waals surface area contributed by atoms with Crippen LogP contribution in [0.5, 0.6) is 0 Å². The molecular formula is C20H24N4O2S. The molecule has 142 valence electrons. The van der Waals surface area contributed by atoms with E-state index < -0.39 is 10.0 Å². The molecule has 0 amide bonds. The Hall–Kier alpha value is -2.25. The van der Waals surface area contributed by atoms with Crippen LogP contribution < -0.4 is 0 Å². The van der Waals surface area contributed by atoms with E-state index in [1.54, 1.807) is 10.5 Å². The number of pyridine rings is 1. The second kappa shape index (κ2) is 7.05. The topological polar surface area (TPSA) is 68.1 Å². The molecule has 2 aromatic heterocycles. The van der Waals surface area contributed by atoms with Gasteiger partial charge in [0.05, 0.1) is 23.0 Å². The number of hydrogen-bond acceptors (Lipinski definition) is 4. The molecule has 1 fully saturated rings. The van der Waals surface area contributed by atoms with Crippen molar-refractivity contribution in [3.8, 4) is 0 Å². The van der Waals surface area contributed by atoms with Crippen LogP contribution >= 0.6 is 0 Å². The minimum Gasteiger partial charge on any atom is -0.324 e. The van der Waals surface area contributed by atoms with Crippen LogP contribution in [-0.2, 0) is 15.8 Å². The third-order valence-corrected chi connectivity index (χ3v) is 6.95. The van der Waals surface area contributed by atoms with Gasteiger partial charge in [-0.3, -0.25) is 4.98 Å². The molecule has 0 saturated carbocycles. The SMILES string of the molecule is CC(C)n1c([C@H]2CCN(S(=O)(=O)Cc3ccccc3)C2)nc2ccncc21. The maximum Gasteiger partial charge on any atom is 0.218 e. The molecule has 0 bridgehead atoms. The summed E-state index contributed by atoms with van der Waals surface area (Å²) in [5.74, 6) is 1.11. The summed E-state index contributed by atoms with van der Waals surface area (Å²) in [5, 5.41) is 0. The highest BCUT2D eigenvalue weighted by Crippen LogP contribution is 2.33. The summed E-state index contributed by atoms with van der Waals surface area (Å²) >= 11 is 0. The Morgan fingerprint density at radius 1 is 1.19 bits per heavy atom. The van der Waals surface area contributed by atoms with Crippen molar-refractivity contribution in [1.82, 2.24) is 18.8 Å². The van der Waals surface area contributed by atoms with Crippen LogP contribution in [-0.4, -0.2) is 40.3 Å². The monoisotopic (exact) mass is 384 g/mol. The highest BCUT2D eigenvalue weighted by molar-refractivity contribution is 7.88. The van der Waals surface area contributed by atoms with Crippen molar-refractivity contribution in [2.24, 2.45) is 0 Å². The van der Waals surface area contributed by atoms with E-state index in [4.69, 9.17) is 4.98 Å². The van der Waals surface area contributed by atoms with Gasteiger partial charge in [0.1, 0.15) is 5.82 Å². The Kier molecular flexibility index (Phi) is 4.74. The number of hydrogen-bond donors (Lipinski definition) is 0. The molecule has 1 aromatic carbocycles. The molecule has 6 nitrogen and oxygen atoms in total. The summed E-state index contributed by atoms with van der Waals surface area (Å²) in [5.41, 5.74) is 2.74. The molecule has 0 radical (unpaired) electrons. The summed E-state index contributed by atoms with van der Waals surface area (Å²) in [6.45, 7) is 5.27. The fraction of sp³-hybridized carbons (Fsp3) is 0.400. The quantitative estimate of drug-likeness (QED) is 0.677. The summed E-state index contributed by atoms with van der Waals surface area (Å²) in [6.07, 6.45) is 4.37. The van der Waals surface area contributed by atoms with E-state index in [0.717, 1.165) is 28.8 Å². The van der Waals surface area contributed by atoms with Gasteiger partial charge in [0, 0.05) is 31.2 Å². The average molecular weight is 385 g/mol. The summed E-state index contributed by atoms with van der Waals surface area (Å²) < 4.78 is 29.5. The third kappa shape index (κ3) is 3.49. The number of rotatable bonds is 5. The molecular weight excluding hydrogens is 360 g/mol. The van der Waals surface area contributed by atoms with Gasteiger partial charge in [0.2, 0.25) is 10.0 Å². The number of aromatic nitrogens is 3. The van der Waals surface area contributed by atoms with Crippen LogP contribution in [0.3, 0.4) is 0 Å². The molecule has 0 unspecified atom stereocenters. The molecule has 1 aliphatic heterocycles. The zero-order valence-corrected chi connectivity index (χ0v) is 16.4. The van der Waals surface area contributed by atoms with E-state index in [0.29, 0.717) is 13.1 Å². The van der Waals surface area contributed by atoms with Crippen molar-refractivity contribution in [2.75, 3.05) is 13.1 Å². The van der Waals surface area contributed by atoms with Gasteiger partial charge in [-0.25, -0.2) is 17.7 Å². The lowest BCUT2D eigenvalue weighted by molar-refractivity contribution is 0.466. The highest BCUT2D eigenvalue weighted by atomic mass is 32.2. The average Bonchev–Trinajstić information content (AvgIpc) is 3.27. The maximum atomic E-state index is 12.9. The van der Waals surface area contributed by atoms with E-state index in [9.17, 15) is 8.42 Å². The minimum absolute atomic E-state index is 0.0467. The van der Waals surface area contributed by atoms with Crippen molar-refractivity contribution in [3.05, 3.63) is 60.2 Å². The lowest BCUT2D eigenvalue weighted by Gasteiger charge is -2.18. The standard InChI is InChI=1S/C20H24N4O2S/c1-15(2)24-19-12-21-10-8-18(19)22-20(24)17-9-11-23(13-17)27(25,26)14-16-6-4-3-5-7-16/h3-8,10,12,15,17H,9,11,13-14H2,1-2H3/t17-/m0/s1. The van der Waals surface area contributed by atoms with Crippen molar-refractivity contribution in [3.63, 3.8) is 0 Å². The van der Waals surface area contributed by atoms with E-state index in [1.807, 2.05) is 42.6 Å². The smallest absolute Gasteiger partial charge is 0.218 e. The Balaban J connectivity index is 1.60. The first-order valence-corrected chi connectivity index (χ1v) is 10.9. The molecule has 0 N–H and O–H groups in total. The van der Waals surface area contributed by atoms with Crippen LogP contribution in [0.1, 0.15) is 43.6 Å². The Labute approximate surface area is 159 Å². The van der Waals surface area contributed by atoms with Gasteiger partial charge in [-0.05, 0) is 31.9 Å². The number of fused-ring (bicyclic) bond motifs is 1. The first-order valence-electron chi connectivity index (χ1n) is 9.29. The Morgan fingerprint density at radius 2 is 1.96 bits per heavy atom. The van der Waals surface area contributed by atoms with E-state index in [2.05, 4.69) is 23.4 Å². The first-order chi connectivity index (χ1) is 13.0. The molecule has 7 heteroatoms. The predicted octanol–water partition coefficient (Wildman–Crippen LogP) is 3.33. The molecule has 0 spiro atoms. The van der Waals surface area contributed by atoms with Gasteiger partial charge in [0.15, 0.2) is 0 Å². The predicted molar refractivity (Wildman–Crippen MR) is 106 cm³/mol. The number of nitrogens with zero attached hydrogens (tertiary/aromatic N) is 4. The van der Waals surface area contributed by atoms with Gasteiger partial charge in [-0.2, -0.15) is 0 Å². The molecule has 3 aromatic rings. The van der Waals surface area contributed by atoms with Crippen molar-refractivity contribution < 1.29 is 8.42 Å². The molecule has 1 aliphatic rings. The van der Waals surface area contributed by atoms with Gasteiger partial charge in [0.25, 0.3) is 0 Å². The lowest BCUT2D eigenvalue weighted by atomic mass is 10.1. The van der Waals surface area contributed by atoms with Gasteiger partial charge >= 0.3 is 0 Å². The zero-order valence-electron chi connectivity index (χ0n) is 15.6. The van der Waals surface area contributed by atoms with Gasteiger partial charge in [-0.1, -0.05) is 30.3 Å². The highest BCUT2D eigenvalue weighted by Gasteiger charge is 2.35. The van der Waals surface area contributed by atoms with Crippen molar-refractivity contribution in [1.29, 1.82) is 0 Å². The normalized spacial score (nSPS) is 18.6. The van der Waals surface area contributed by atoms with Gasteiger partial charge in [-0.15, -0.1) is 0 Å². The number of benzene rings is 1. The van der Waals surface area contributed by atoms with Crippen LogP contribution in [0, 0.1) is 0 Å². The second-order valence-electron chi connectivity index (χ2n) is 7.38. The second-order valence-corrected chi connectivity index (χ2v) is 9.35. The number of imidazole rings is 1. The largest absolute Gasteiger partial charge is 0.324 e. The minimum atomic E-state index is -3.33. The first kappa shape index (κ1) is 18.1. The Bertz CT molecular complexity index is 1040. The van der Waals surface area contributed by atoms with E-state index in [-0.39, 0.29) is 17.7 Å². The third-order valence-electron chi connectivity index (χ3n) is 5.14. The van der Waals surface area contributed by atoms with Crippen LogP contribution in [0.4, 0.5) is 0 Å². The summed E-state index contributed by atoms with van der Waals surface area (Å²) in [6, 6.07) is 11.5. The summed E-state index contributed by atoms with van der Waals surface area (Å²) in [4.78, 5) is 9.05. The fourth-order valence-electron chi connectivity index (χ4n) is 3.86. The summed E-state index contributed by atoms with van der Waals surface area (Å²) in [7, 11) is -3.33. The molecule has 3 heterocycles. The van der Waals surface area contributed by atoms with Crippen LogP contribution in [0.2, 0.25) is 0 Å². The van der Waals surface area contributed by atoms with Gasteiger partial charge < -0.3 is 4.57 Å².